The Balaban J connectivity index is 2.47. The third-order valence-electron chi connectivity index (χ3n) is 2.76. The second kappa shape index (κ2) is 3.17. The molecule has 3 heteroatoms. The van der Waals surface area contributed by atoms with Gasteiger partial charge in [-0.15, -0.1) is 0 Å². The molecule has 1 aromatic rings. The molecule has 0 amide bonds. The lowest BCUT2D eigenvalue weighted by Crippen LogP contribution is -2.52. The van der Waals surface area contributed by atoms with E-state index in [1.54, 1.807) is 18.2 Å². The van der Waals surface area contributed by atoms with Crippen LogP contribution >= 0.6 is 0 Å². The van der Waals surface area contributed by atoms with Crippen LogP contribution in [-0.2, 0) is 14.9 Å². The van der Waals surface area contributed by atoms with E-state index in [1.165, 1.54) is 13.0 Å². The molecular weight excluding hydrogens is 183 g/mol. The fourth-order valence-corrected chi connectivity index (χ4v) is 1.70. The van der Waals surface area contributed by atoms with Crippen LogP contribution in [0.3, 0.4) is 0 Å². The molecule has 0 radical (unpaired) electrons. The fraction of sp³-hybridized carbons (Fsp3) is 0.364. The summed E-state index contributed by atoms with van der Waals surface area (Å²) in [5.41, 5.74) is -0.274. The molecule has 0 unspecified atom stereocenters. The third-order valence-corrected chi connectivity index (χ3v) is 2.76. The molecule has 2 nitrogen and oxygen atoms in total. The van der Waals surface area contributed by atoms with Gasteiger partial charge in [0.15, 0.2) is 0 Å². The summed E-state index contributed by atoms with van der Waals surface area (Å²) in [7, 11) is 0. The Morgan fingerprint density at radius 1 is 1.43 bits per heavy atom. The minimum Gasteiger partial charge on any atom is -0.378 e. The molecule has 1 aromatic carbocycles. The number of ketones is 1. The van der Waals surface area contributed by atoms with E-state index in [0.717, 1.165) is 0 Å². The van der Waals surface area contributed by atoms with Crippen molar-refractivity contribution >= 4 is 5.78 Å². The molecule has 74 valence electrons. The average Bonchev–Trinajstić information content (AvgIpc) is 2.05. The summed E-state index contributed by atoms with van der Waals surface area (Å²) in [6, 6.07) is 6.38. The average molecular weight is 194 g/mol. The molecule has 2 rings (SSSR count). The number of rotatable bonds is 2. The van der Waals surface area contributed by atoms with Gasteiger partial charge >= 0.3 is 0 Å². The lowest BCUT2D eigenvalue weighted by Gasteiger charge is -2.39. The van der Waals surface area contributed by atoms with Crippen LogP contribution in [0.5, 0.6) is 0 Å². The Hall–Kier alpha value is -1.22. The van der Waals surface area contributed by atoms with Crippen molar-refractivity contribution in [2.75, 3.05) is 13.2 Å². The van der Waals surface area contributed by atoms with Gasteiger partial charge in [0.2, 0.25) is 0 Å². The highest BCUT2D eigenvalue weighted by molar-refractivity contribution is 5.89. The lowest BCUT2D eigenvalue weighted by atomic mass is 9.75. The summed E-state index contributed by atoms with van der Waals surface area (Å²) < 4.78 is 18.5. The van der Waals surface area contributed by atoms with E-state index in [-0.39, 0.29) is 11.6 Å². The van der Waals surface area contributed by atoms with Crippen LogP contribution < -0.4 is 0 Å². The van der Waals surface area contributed by atoms with Gasteiger partial charge in [-0.3, -0.25) is 4.79 Å². The molecule has 1 fully saturated rings. The molecule has 14 heavy (non-hydrogen) atoms. The van der Waals surface area contributed by atoms with E-state index in [1.807, 2.05) is 0 Å². The van der Waals surface area contributed by atoms with Crippen LogP contribution in [0.15, 0.2) is 24.3 Å². The Labute approximate surface area is 81.7 Å². The van der Waals surface area contributed by atoms with Gasteiger partial charge in [-0.05, 0) is 13.0 Å². The molecule has 0 N–H and O–H groups in total. The second-order valence-corrected chi connectivity index (χ2v) is 3.61. The van der Waals surface area contributed by atoms with Gasteiger partial charge in [-0.2, -0.15) is 0 Å². The quantitative estimate of drug-likeness (QED) is 0.716. The van der Waals surface area contributed by atoms with Crippen molar-refractivity contribution in [3.8, 4) is 0 Å². The molecular formula is C11H11FO2. The first-order chi connectivity index (χ1) is 6.67. The SMILES string of the molecule is CC(=O)C1(c2ccccc2F)COC1. The number of carbonyl (C=O) groups excluding carboxylic acids is 1. The fourth-order valence-electron chi connectivity index (χ4n) is 1.70. The van der Waals surface area contributed by atoms with Crippen LogP contribution in [0.4, 0.5) is 4.39 Å². The summed E-state index contributed by atoms with van der Waals surface area (Å²) in [6.07, 6.45) is 0. The van der Waals surface area contributed by atoms with E-state index >= 15 is 0 Å². The molecule has 0 spiro atoms. The number of halogens is 1. The van der Waals surface area contributed by atoms with Crippen LogP contribution in [0.2, 0.25) is 0 Å². The normalized spacial score (nSPS) is 18.7. The number of ether oxygens (including phenoxy) is 1. The smallest absolute Gasteiger partial charge is 0.145 e. The van der Waals surface area contributed by atoms with Crippen molar-refractivity contribution < 1.29 is 13.9 Å². The number of Topliss-reactive ketones (excluding diaryl/α,β-unsaturated/α-hetero) is 1. The summed E-state index contributed by atoms with van der Waals surface area (Å²) in [5.74, 6) is -0.361. The number of carbonyl (C=O) groups is 1. The largest absolute Gasteiger partial charge is 0.378 e. The zero-order valence-electron chi connectivity index (χ0n) is 7.92. The van der Waals surface area contributed by atoms with E-state index in [9.17, 15) is 9.18 Å². The monoisotopic (exact) mass is 194 g/mol. The molecule has 0 atom stereocenters. The van der Waals surface area contributed by atoms with Crippen molar-refractivity contribution in [1.29, 1.82) is 0 Å². The zero-order chi connectivity index (χ0) is 10.2. The summed E-state index contributed by atoms with van der Waals surface area (Å²) >= 11 is 0. The first-order valence-corrected chi connectivity index (χ1v) is 4.50. The van der Waals surface area contributed by atoms with E-state index in [2.05, 4.69) is 0 Å². The van der Waals surface area contributed by atoms with E-state index in [0.29, 0.717) is 18.8 Å². The van der Waals surface area contributed by atoms with Gasteiger partial charge < -0.3 is 4.74 Å². The molecule has 0 bridgehead atoms. The minimum atomic E-state index is -0.731. The molecule has 0 saturated carbocycles. The van der Waals surface area contributed by atoms with E-state index in [4.69, 9.17) is 4.74 Å². The highest BCUT2D eigenvalue weighted by Crippen LogP contribution is 2.34. The van der Waals surface area contributed by atoms with Crippen molar-refractivity contribution in [2.45, 2.75) is 12.3 Å². The first-order valence-electron chi connectivity index (χ1n) is 4.50. The maximum atomic E-state index is 13.5. The Morgan fingerprint density at radius 2 is 2.07 bits per heavy atom. The molecule has 1 aliphatic heterocycles. The van der Waals surface area contributed by atoms with Gasteiger partial charge in [0.25, 0.3) is 0 Å². The maximum Gasteiger partial charge on any atom is 0.145 e. The lowest BCUT2D eigenvalue weighted by molar-refractivity contribution is -0.140. The Bertz CT molecular complexity index is 369. The zero-order valence-corrected chi connectivity index (χ0v) is 7.92. The predicted molar refractivity (Wildman–Crippen MR) is 49.6 cm³/mol. The summed E-state index contributed by atoms with van der Waals surface area (Å²) in [4.78, 5) is 11.5. The van der Waals surface area contributed by atoms with Crippen LogP contribution in [-0.4, -0.2) is 19.0 Å². The molecule has 1 heterocycles. The van der Waals surface area contributed by atoms with Gasteiger partial charge in [0.1, 0.15) is 17.0 Å². The van der Waals surface area contributed by atoms with Gasteiger partial charge in [-0.1, -0.05) is 18.2 Å². The van der Waals surface area contributed by atoms with Crippen LogP contribution in [0, 0.1) is 5.82 Å². The summed E-state index contributed by atoms with van der Waals surface area (Å²) in [5, 5.41) is 0. The Morgan fingerprint density at radius 3 is 2.50 bits per heavy atom. The van der Waals surface area contributed by atoms with Crippen molar-refractivity contribution in [1.82, 2.24) is 0 Å². The molecule has 1 aliphatic rings. The van der Waals surface area contributed by atoms with Crippen LogP contribution in [0.25, 0.3) is 0 Å². The first kappa shape index (κ1) is 9.34. The minimum absolute atomic E-state index is 0.0335. The van der Waals surface area contributed by atoms with Gasteiger partial charge in [0, 0.05) is 5.56 Å². The number of hydrogen-bond acceptors (Lipinski definition) is 2. The predicted octanol–water partition coefficient (Wildman–Crippen LogP) is 1.68. The second-order valence-electron chi connectivity index (χ2n) is 3.61. The third kappa shape index (κ3) is 1.16. The van der Waals surface area contributed by atoms with Crippen LogP contribution in [0.1, 0.15) is 12.5 Å². The maximum absolute atomic E-state index is 13.5. The van der Waals surface area contributed by atoms with Crippen molar-refractivity contribution in [3.05, 3.63) is 35.6 Å². The number of hydrogen-bond donors (Lipinski definition) is 0. The molecule has 0 aromatic heterocycles. The van der Waals surface area contributed by atoms with E-state index < -0.39 is 5.41 Å². The molecule has 1 saturated heterocycles. The highest BCUT2D eigenvalue weighted by Gasteiger charge is 2.46. The highest BCUT2D eigenvalue weighted by atomic mass is 19.1. The number of benzene rings is 1. The topological polar surface area (TPSA) is 26.3 Å². The van der Waals surface area contributed by atoms with Crippen molar-refractivity contribution in [3.63, 3.8) is 0 Å². The molecule has 0 aliphatic carbocycles. The van der Waals surface area contributed by atoms with Gasteiger partial charge in [0.05, 0.1) is 13.2 Å². The standard InChI is InChI=1S/C11H11FO2/c1-8(13)11(6-14-7-11)9-4-2-3-5-10(9)12/h2-5H,6-7H2,1H3. The Kier molecular flexibility index (Phi) is 2.11. The summed E-state index contributed by atoms with van der Waals surface area (Å²) in [6.45, 7) is 2.07. The van der Waals surface area contributed by atoms with Crippen molar-refractivity contribution in [2.24, 2.45) is 0 Å². The van der Waals surface area contributed by atoms with Gasteiger partial charge in [-0.25, -0.2) is 4.39 Å².